The minimum absolute atomic E-state index is 0.103. The Hall–Kier alpha value is -2.94. The standard InChI is InChI=1S/C20H16BrN5OS/c1-26(2)17-6-5-12(8-16(17)21)18-14(9-22)19(24)25-20(15(18)10-23)28-11-13-4-3-7-27-13/h3-8H,11H2,1-2H3,(H2,24,25). The van der Waals surface area contributed by atoms with Crippen LogP contribution in [-0.2, 0) is 5.75 Å². The quantitative estimate of drug-likeness (QED) is 0.553. The average molecular weight is 454 g/mol. The first kappa shape index (κ1) is 19.8. The molecule has 0 saturated carbocycles. The van der Waals surface area contributed by atoms with Crippen LogP contribution in [0, 0.1) is 22.7 Å². The first-order chi connectivity index (χ1) is 13.5. The highest BCUT2D eigenvalue weighted by atomic mass is 79.9. The van der Waals surface area contributed by atoms with Crippen molar-refractivity contribution in [1.29, 1.82) is 10.5 Å². The van der Waals surface area contributed by atoms with Crippen LogP contribution in [0.25, 0.3) is 11.1 Å². The molecular formula is C20H16BrN5OS. The first-order valence-corrected chi connectivity index (χ1v) is 10.00. The SMILES string of the molecule is CN(C)c1ccc(-c2c(C#N)c(N)nc(SCc3ccco3)c2C#N)cc1Br. The Balaban J connectivity index is 2.15. The van der Waals surface area contributed by atoms with Crippen LogP contribution in [0.5, 0.6) is 0 Å². The van der Waals surface area contributed by atoms with Gasteiger partial charge in [0.25, 0.3) is 0 Å². The number of hydrogen-bond donors (Lipinski definition) is 1. The van der Waals surface area contributed by atoms with Crippen LogP contribution >= 0.6 is 27.7 Å². The molecule has 0 bridgehead atoms. The number of pyridine rings is 1. The van der Waals surface area contributed by atoms with Gasteiger partial charge in [-0.25, -0.2) is 4.98 Å². The highest BCUT2D eigenvalue weighted by molar-refractivity contribution is 9.10. The molecule has 0 saturated heterocycles. The molecule has 0 aliphatic rings. The van der Waals surface area contributed by atoms with Crippen LogP contribution in [0.2, 0.25) is 0 Å². The maximum Gasteiger partial charge on any atom is 0.143 e. The molecule has 1 aromatic carbocycles. The topological polar surface area (TPSA) is 103 Å². The summed E-state index contributed by atoms with van der Waals surface area (Å²) in [7, 11) is 3.88. The number of nitrogens with two attached hydrogens (primary N) is 1. The molecule has 8 heteroatoms. The molecule has 3 aromatic rings. The van der Waals surface area contributed by atoms with Crippen LogP contribution in [0.15, 0.2) is 50.5 Å². The van der Waals surface area contributed by atoms with Crippen molar-refractivity contribution in [2.45, 2.75) is 10.8 Å². The van der Waals surface area contributed by atoms with E-state index in [-0.39, 0.29) is 11.4 Å². The zero-order chi connectivity index (χ0) is 20.3. The van der Waals surface area contributed by atoms with E-state index in [0.717, 1.165) is 21.5 Å². The second kappa shape index (κ2) is 8.39. The molecule has 0 unspecified atom stereocenters. The lowest BCUT2D eigenvalue weighted by Gasteiger charge is -2.17. The summed E-state index contributed by atoms with van der Waals surface area (Å²) >= 11 is 4.91. The van der Waals surface area contributed by atoms with E-state index >= 15 is 0 Å². The molecule has 2 N–H and O–H groups in total. The third-order valence-electron chi connectivity index (χ3n) is 4.07. The van der Waals surface area contributed by atoms with Gasteiger partial charge in [-0.3, -0.25) is 0 Å². The Morgan fingerprint density at radius 2 is 1.96 bits per heavy atom. The van der Waals surface area contributed by atoms with Gasteiger partial charge in [-0.2, -0.15) is 10.5 Å². The molecule has 3 rings (SSSR count). The van der Waals surface area contributed by atoms with Crippen molar-refractivity contribution in [2.24, 2.45) is 0 Å². The number of anilines is 2. The van der Waals surface area contributed by atoms with E-state index in [1.165, 1.54) is 11.8 Å². The molecule has 0 aliphatic heterocycles. The van der Waals surface area contributed by atoms with Gasteiger partial charge in [-0.15, -0.1) is 0 Å². The normalized spacial score (nSPS) is 10.3. The summed E-state index contributed by atoms with van der Waals surface area (Å²) in [6.07, 6.45) is 1.59. The van der Waals surface area contributed by atoms with E-state index in [0.29, 0.717) is 21.9 Å². The number of nitriles is 2. The lowest BCUT2D eigenvalue weighted by atomic mass is 9.96. The molecule has 0 fully saturated rings. The van der Waals surface area contributed by atoms with Crippen molar-refractivity contribution in [3.05, 3.63) is 58.0 Å². The number of benzene rings is 1. The predicted molar refractivity (Wildman–Crippen MR) is 114 cm³/mol. The van der Waals surface area contributed by atoms with Crippen LogP contribution in [0.3, 0.4) is 0 Å². The lowest BCUT2D eigenvalue weighted by molar-refractivity contribution is 0.530. The first-order valence-electron chi connectivity index (χ1n) is 8.22. The monoisotopic (exact) mass is 453 g/mol. The number of nitrogen functional groups attached to an aromatic ring is 1. The largest absolute Gasteiger partial charge is 0.468 e. The van der Waals surface area contributed by atoms with Crippen LogP contribution in [0.1, 0.15) is 16.9 Å². The summed E-state index contributed by atoms with van der Waals surface area (Å²) in [6.45, 7) is 0. The lowest BCUT2D eigenvalue weighted by Crippen LogP contribution is -2.09. The summed E-state index contributed by atoms with van der Waals surface area (Å²) < 4.78 is 6.19. The van der Waals surface area contributed by atoms with E-state index in [9.17, 15) is 10.5 Å². The fourth-order valence-electron chi connectivity index (χ4n) is 2.75. The highest BCUT2D eigenvalue weighted by Crippen LogP contribution is 2.39. The fraction of sp³-hybridized carbons (Fsp3) is 0.150. The Morgan fingerprint density at radius 1 is 1.21 bits per heavy atom. The minimum atomic E-state index is 0.103. The zero-order valence-corrected chi connectivity index (χ0v) is 17.6. The third kappa shape index (κ3) is 3.84. The molecular weight excluding hydrogens is 438 g/mol. The number of halogens is 1. The van der Waals surface area contributed by atoms with Crippen LogP contribution in [0.4, 0.5) is 11.5 Å². The number of furan rings is 1. The number of thioether (sulfide) groups is 1. The maximum absolute atomic E-state index is 9.84. The molecule has 6 nitrogen and oxygen atoms in total. The van der Waals surface area contributed by atoms with Gasteiger partial charge in [-0.05, 0) is 45.8 Å². The summed E-state index contributed by atoms with van der Waals surface area (Å²) in [5.74, 6) is 1.37. The van der Waals surface area contributed by atoms with E-state index in [4.69, 9.17) is 10.2 Å². The van der Waals surface area contributed by atoms with Crippen molar-refractivity contribution in [1.82, 2.24) is 4.98 Å². The summed E-state index contributed by atoms with van der Waals surface area (Å²) in [5, 5.41) is 20.0. The van der Waals surface area contributed by atoms with Crippen LogP contribution in [-0.4, -0.2) is 19.1 Å². The second-order valence-electron chi connectivity index (χ2n) is 6.08. The van der Waals surface area contributed by atoms with Gasteiger partial charge in [0.15, 0.2) is 0 Å². The Labute approximate surface area is 175 Å². The molecule has 0 amide bonds. The van der Waals surface area contributed by atoms with E-state index < -0.39 is 0 Å². The molecule has 0 radical (unpaired) electrons. The zero-order valence-electron chi connectivity index (χ0n) is 15.2. The van der Waals surface area contributed by atoms with Gasteiger partial charge in [-0.1, -0.05) is 17.8 Å². The van der Waals surface area contributed by atoms with Gasteiger partial charge in [0.1, 0.15) is 34.3 Å². The minimum Gasteiger partial charge on any atom is -0.468 e. The molecule has 2 aromatic heterocycles. The van der Waals surface area contributed by atoms with Crippen molar-refractivity contribution >= 4 is 39.2 Å². The van der Waals surface area contributed by atoms with Gasteiger partial charge in [0.05, 0.1) is 23.3 Å². The van der Waals surface area contributed by atoms with Crippen LogP contribution < -0.4 is 10.6 Å². The van der Waals surface area contributed by atoms with Gasteiger partial charge < -0.3 is 15.1 Å². The highest BCUT2D eigenvalue weighted by Gasteiger charge is 2.21. The number of hydrogen-bond acceptors (Lipinski definition) is 7. The van der Waals surface area contributed by atoms with E-state index in [1.54, 1.807) is 12.3 Å². The number of nitrogens with zero attached hydrogens (tertiary/aromatic N) is 4. The summed E-state index contributed by atoms with van der Waals surface area (Å²) in [5.41, 5.74) is 8.78. The fourth-order valence-corrected chi connectivity index (χ4v) is 4.38. The molecule has 28 heavy (non-hydrogen) atoms. The van der Waals surface area contributed by atoms with Crippen molar-refractivity contribution in [3.63, 3.8) is 0 Å². The Bertz CT molecular complexity index is 1100. The average Bonchev–Trinajstić information content (AvgIpc) is 3.18. The van der Waals surface area contributed by atoms with Gasteiger partial charge >= 0.3 is 0 Å². The van der Waals surface area contributed by atoms with E-state index in [1.807, 2.05) is 43.3 Å². The molecule has 0 aliphatic carbocycles. The summed E-state index contributed by atoms with van der Waals surface area (Å²) in [4.78, 5) is 6.27. The van der Waals surface area contributed by atoms with E-state index in [2.05, 4.69) is 33.1 Å². The smallest absolute Gasteiger partial charge is 0.143 e. The summed E-state index contributed by atoms with van der Waals surface area (Å²) in [6, 6.07) is 13.6. The Morgan fingerprint density at radius 3 is 2.54 bits per heavy atom. The van der Waals surface area contributed by atoms with Crippen molar-refractivity contribution in [3.8, 4) is 23.3 Å². The molecule has 0 spiro atoms. The molecule has 140 valence electrons. The van der Waals surface area contributed by atoms with Crippen molar-refractivity contribution in [2.75, 3.05) is 24.7 Å². The second-order valence-corrected chi connectivity index (χ2v) is 7.90. The van der Waals surface area contributed by atoms with Crippen molar-refractivity contribution < 1.29 is 4.42 Å². The molecule has 0 atom stereocenters. The third-order valence-corrected chi connectivity index (χ3v) is 5.70. The molecule has 2 heterocycles. The maximum atomic E-state index is 9.84. The predicted octanol–water partition coefficient (Wildman–Crippen LogP) is 4.79. The Kier molecular flexibility index (Phi) is 5.93. The number of rotatable bonds is 5. The van der Waals surface area contributed by atoms with Gasteiger partial charge in [0, 0.05) is 24.1 Å². The van der Waals surface area contributed by atoms with Gasteiger partial charge in [0.2, 0.25) is 0 Å². The number of aromatic nitrogens is 1.